The Balaban J connectivity index is 1.40. The summed E-state index contributed by atoms with van der Waals surface area (Å²) in [5.41, 5.74) is 0.986. The number of nitrogens with zero attached hydrogens (tertiary/aromatic N) is 4. The van der Waals surface area contributed by atoms with E-state index in [-0.39, 0.29) is 17.9 Å². The normalized spacial score (nSPS) is 21.8. The Morgan fingerprint density at radius 2 is 2.00 bits per heavy atom. The van der Waals surface area contributed by atoms with Crippen molar-refractivity contribution in [3.05, 3.63) is 48.2 Å². The van der Waals surface area contributed by atoms with Gasteiger partial charge in [-0.15, -0.1) is 0 Å². The van der Waals surface area contributed by atoms with Crippen LogP contribution in [-0.4, -0.2) is 64.1 Å². The van der Waals surface area contributed by atoms with Crippen LogP contribution >= 0.6 is 0 Å². The van der Waals surface area contributed by atoms with Crippen molar-refractivity contribution in [2.75, 3.05) is 19.7 Å². The number of pyridine rings is 1. The first kappa shape index (κ1) is 19.0. The van der Waals surface area contributed by atoms with Gasteiger partial charge in [-0.3, -0.25) is 14.5 Å². The fourth-order valence-electron chi connectivity index (χ4n) is 3.84. The van der Waals surface area contributed by atoms with Crippen LogP contribution in [0.25, 0.3) is 0 Å². The first-order valence-corrected chi connectivity index (χ1v) is 9.77. The van der Waals surface area contributed by atoms with Gasteiger partial charge >= 0.3 is 6.03 Å². The van der Waals surface area contributed by atoms with Gasteiger partial charge in [-0.2, -0.15) is 4.99 Å². The minimum Gasteiger partial charge on any atom is -0.478 e. The highest BCUT2D eigenvalue weighted by atomic mass is 16.5. The van der Waals surface area contributed by atoms with E-state index in [0.29, 0.717) is 49.7 Å². The van der Waals surface area contributed by atoms with Crippen LogP contribution in [0.2, 0.25) is 0 Å². The van der Waals surface area contributed by atoms with Crippen molar-refractivity contribution in [3.8, 4) is 5.88 Å². The first-order valence-electron chi connectivity index (χ1n) is 9.77. The molecule has 1 fully saturated rings. The van der Waals surface area contributed by atoms with Crippen molar-refractivity contribution in [2.45, 2.75) is 25.8 Å². The Bertz CT molecular complexity index is 911. The summed E-state index contributed by atoms with van der Waals surface area (Å²) in [5, 5.41) is 0. The molecular weight excluding hydrogens is 372 g/mol. The Morgan fingerprint density at radius 3 is 2.69 bits per heavy atom. The summed E-state index contributed by atoms with van der Waals surface area (Å²) in [6.45, 7) is 3.31. The third kappa shape index (κ3) is 3.70. The SMILES string of the molecule is CCOc1ccc(C(=O)N2CCC(N3C(=O)N=C4C=CC=CC4C3=O)CC2)cn1. The molecule has 1 aromatic rings. The molecule has 1 saturated heterocycles. The minimum absolute atomic E-state index is 0.115. The zero-order chi connectivity index (χ0) is 20.4. The molecule has 0 spiro atoms. The smallest absolute Gasteiger partial charge is 0.350 e. The third-order valence-corrected chi connectivity index (χ3v) is 5.33. The third-order valence-electron chi connectivity index (χ3n) is 5.33. The van der Waals surface area contributed by atoms with Gasteiger partial charge in [0.15, 0.2) is 0 Å². The Morgan fingerprint density at radius 1 is 1.21 bits per heavy atom. The topological polar surface area (TPSA) is 92.2 Å². The molecule has 0 saturated carbocycles. The van der Waals surface area contributed by atoms with Crippen molar-refractivity contribution in [1.82, 2.24) is 14.8 Å². The van der Waals surface area contributed by atoms with Gasteiger partial charge in [-0.05, 0) is 31.9 Å². The highest BCUT2D eigenvalue weighted by Gasteiger charge is 2.41. The summed E-state index contributed by atoms with van der Waals surface area (Å²) in [6.07, 6.45) is 9.60. The molecule has 1 aliphatic carbocycles. The summed E-state index contributed by atoms with van der Waals surface area (Å²) < 4.78 is 5.30. The van der Waals surface area contributed by atoms with E-state index in [1.165, 1.54) is 11.1 Å². The molecule has 2 aliphatic heterocycles. The predicted octanol–water partition coefficient (Wildman–Crippen LogP) is 2.23. The van der Waals surface area contributed by atoms with Crippen LogP contribution in [0.4, 0.5) is 4.79 Å². The van der Waals surface area contributed by atoms with E-state index in [1.54, 1.807) is 41.3 Å². The molecular formula is C21H22N4O4. The molecule has 0 N–H and O–H groups in total. The second-order valence-electron chi connectivity index (χ2n) is 7.09. The Labute approximate surface area is 168 Å². The zero-order valence-corrected chi connectivity index (χ0v) is 16.2. The van der Waals surface area contributed by atoms with Crippen molar-refractivity contribution in [3.63, 3.8) is 0 Å². The lowest BCUT2D eigenvalue weighted by Gasteiger charge is -2.39. The van der Waals surface area contributed by atoms with E-state index >= 15 is 0 Å². The van der Waals surface area contributed by atoms with E-state index in [9.17, 15) is 14.4 Å². The van der Waals surface area contributed by atoms with Crippen LogP contribution in [-0.2, 0) is 4.79 Å². The zero-order valence-electron chi connectivity index (χ0n) is 16.2. The fourth-order valence-corrected chi connectivity index (χ4v) is 3.84. The molecule has 8 nitrogen and oxygen atoms in total. The summed E-state index contributed by atoms with van der Waals surface area (Å²) in [7, 11) is 0. The summed E-state index contributed by atoms with van der Waals surface area (Å²) >= 11 is 0. The van der Waals surface area contributed by atoms with Crippen molar-refractivity contribution in [1.29, 1.82) is 0 Å². The highest BCUT2D eigenvalue weighted by molar-refractivity contribution is 6.21. The lowest BCUT2D eigenvalue weighted by atomic mass is 9.93. The van der Waals surface area contributed by atoms with Gasteiger partial charge in [0.2, 0.25) is 11.8 Å². The van der Waals surface area contributed by atoms with E-state index < -0.39 is 11.9 Å². The number of aromatic nitrogens is 1. The molecule has 0 aromatic carbocycles. The summed E-state index contributed by atoms with van der Waals surface area (Å²) in [5.74, 6) is -0.360. The van der Waals surface area contributed by atoms with Crippen LogP contribution in [0.5, 0.6) is 5.88 Å². The standard InChI is InChI=1S/C21H22N4O4/c1-2-29-18-8-7-14(13-22-18)19(26)24-11-9-15(10-12-24)25-20(27)16-5-3-4-6-17(16)23-21(25)28/h3-8,13,15-16H,2,9-12H2,1H3. The number of carbonyl (C=O) groups is 3. The number of piperidine rings is 1. The van der Waals surface area contributed by atoms with Crippen LogP contribution in [0.15, 0.2) is 47.6 Å². The van der Waals surface area contributed by atoms with E-state index in [0.717, 1.165) is 0 Å². The van der Waals surface area contributed by atoms with Gasteiger partial charge in [-0.1, -0.05) is 18.2 Å². The Hall–Kier alpha value is -3.29. The van der Waals surface area contributed by atoms with E-state index in [4.69, 9.17) is 4.74 Å². The molecule has 0 radical (unpaired) electrons. The molecule has 0 bridgehead atoms. The van der Waals surface area contributed by atoms with Gasteiger partial charge in [0.1, 0.15) is 0 Å². The number of aliphatic imine (C=N–C) groups is 1. The van der Waals surface area contributed by atoms with Crippen LogP contribution < -0.4 is 4.74 Å². The van der Waals surface area contributed by atoms with Gasteiger partial charge in [0.25, 0.3) is 5.91 Å². The highest BCUT2D eigenvalue weighted by Crippen LogP contribution is 2.26. The van der Waals surface area contributed by atoms with Crippen LogP contribution in [0, 0.1) is 5.92 Å². The lowest BCUT2D eigenvalue weighted by molar-refractivity contribution is -0.131. The number of ether oxygens (including phenoxy) is 1. The molecule has 3 heterocycles. The van der Waals surface area contributed by atoms with Gasteiger partial charge in [-0.25, -0.2) is 9.78 Å². The molecule has 29 heavy (non-hydrogen) atoms. The van der Waals surface area contributed by atoms with Crippen LogP contribution in [0.3, 0.4) is 0 Å². The number of likely N-dealkylation sites (tertiary alicyclic amines) is 1. The molecule has 8 heteroatoms. The van der Waals surface area contributed by atoms with Crippen molar-refractivity contribution < 1.29 is 19.1 Å². The maximum absolute atomic E-state index is 12.8. The van der Waals surface area contributed by atoms with E-state index in [1.807, 2.05) is 6.92 Å². The Kier molecular flexibility index (Phi) is 5.24. The second-order valence-corrected chi connectivity index (χ2v) is 7.09. The summed E-state index contributed by atoms with van der Waals surface area (Å²) in [4.78, 5) is 49.2. The quantitative estimate of drug-likeness (QED) is 0.781. The van der Waals surface area contributed by atoms with Crippen molar-refractivity contribution >= 4 is 23.6 Å². The molecule has 150 valence electrons. The number of urea groups is 1. The number of imide groups is 1. The maximum Gasteiger partial charge on any atom is 0.350 e. The van der Waals surface area contributed by atoms with Gasteiger partial charge < -0.3 is 9.64 Å². The second kappa shape index (κ2) is 7.98. The average molecular weight is 394 g/mol. The predicted molar refractivity (Wildman–Crippen MR) is 106 cm³/mol. The van der Waals surface area contributed by atoms with Crippen LogP contribution in [0.1, 0.15) is 30.1 Å². The number of hydrogen-bond acceptors (Lipinski definition) is 5. The first-order chi connectivity index (χ1) is 14.1. The number of hydrogen-bond donors (Lipinski definition) is 0. The monoisotopic (exact) mass is 394 g/mol. The number of rotatable bonds is 4. The van der Waals surface area contributed by atoms with E-state index in [2.05, 4.69) is 9.98 Å². The number of amides is 4. The molecule has 4 rings (SSSR count). The maximum atomic E-state index is 12.8. The molecule has 3 aliphatic rings. The molecule has 1 unspecified atom stereocenters. The summed E-state index contributed by atoms with van der Waals surface area (Å²) in [6, 6.07) is 2.61. The van der Waals surface area contributed by atoms with Gasteiger partial charge in [0, 0.05) is 31.4 Å². The fraction of sp³-hybridized carbons (Fsp3) is 0.381. The lowest BCUT2D eigenvalue weighted by Crippen LogP contribution is -2.54. The average Bonchev–Trinajstić information content (AvgIpc) is 2.74. The molecule has 1 atom stereocenters. The van der Waals surface area contributed by atoms with Gasteiger partial charge in [0.05, 0.1) is 23.8 Å². The minimum atomic E-state index is -0.512. The number of fused-ring (bicyclic) bond motifs is 1. The molecule has 1 aromatic heterocycles. The largest absolute Gasteiger partial charge is 0.478 e. The van der Waals surface area contributed by atoms with Crippen molar-refractivity contribution in [2.24, 2.45) is 10.9 Å². The number of carbonyl (C=O) groups excluding carboxylic acids is 3. The number of allylic oxidation sites excluding steroid dienone is 3. The molecule has 4 amide bonds.